The minimum atomic E-state index is 0.689. The summed E-state index contributed by atoms with van der Waals surface area (Å²) < 4.78 is 11.5. The summed E-state index contributed by atoms with van der Waals surface area (Å²) in [6.07, 6.45) is 3.70. The smallest absolute Gasteiger partial charge is 0.194 e. The van der Waals surface area contributed by atoms with Gasteiger partial charge in [-0.3, -0.25) is 0 Å². The SMILES string of the molecule is Cc1oc(C)c(-c2cnc(CCCNCC(C)C)o2)c1C. The molecule has 2 aromatic rings. The van der Waals surface area contributed by atoms with Crippen LogP contribution in [0.2, 0.25) is 0 Å². The van der Waals surface area contributed by atoms with Gasteiger partial charge in [0, 0.05) is 12.0 Å². The Bertz CT molecular complexity index is 582. The number of nitrogens with zero attached hydrogens (tertiary/aromatic N) is 1. The van der Waals surface area contributed by atoms with Crippen molar-refractivity contribution in [2.75, 3.05) is 13.1 Å². The van der Waals surface area contributed by atoms with E-state index in [1.165, 1.54) is 0 Å². The molecule has 1 N–H and O–H groups in total. The third-order valence-electron chi connectivity index (χ3n) is 3.66. The summed E-state index contributed by atoms with van der Waals surface area (Å²) in [6.45, 7) is 12.5. The maximum absolute atomic E-state index is 5.87. The summed E-state index contributed by atoms with van der Waals surface area (Å²) in [5, 5.41) is 3.43. The normalized spacial score (nSPS) is 11.5. The second-order valence-electron chi connectivity index (χ2n) is 6.03. The van der Waals surface area contributed by atoms with Crippen LogP contribution in [-0.2, 0) is 6.42 Å². The van der Waals surface area contributed by atoms with Gasteiger partial charge in [0.05, 0.1) is 11.8 Å². The molecule has 0 aliphatic rings. The predicted octanol–water partition coefficient (Wildman–Crippen LogP) is 4.04. The van der Waals surface area contributed by atoms with Gasteiger partial charge in [0.25, 0.3) is 0 Å². The molecular weight excluding hydrogens is 264 g/mol. The van der Waals surface area contributed by atoms with E-state index in [0.717, 1.165) is 60.2 Å². The van der Waals surface area contributed by atoms with E-state index >= 15 is 0 Å². The monoisotopic (exact) mass is 290 g/mol. The highest BCUT2D eigenvalue weighted by Crippen LogP contribution is 2.31. The van der Waals surface area contributed by atoms with Crippen LogP contribution in [0.15, 0.2) is 15.0 Å². The van der Waals surface area contributed by atoms with Crippen LogP contribution in [-0.4, -0.2) is 18.1 Å². The van der Waals surface area contributed by atoms with Crippen molar-refractivity contribution in [2.45, 2.75) is 47.5 Å². The topological polar surface area (TPSA) is 51.2 Å². The molecule has 0 bridgehead atoms. The van der Waals surface area contributed by atoms with E-state index in [4.69, 9.17) is 8.83 Å². The lowest BCUT2D eigenvalue weighted by atomic mass is 10.1. The lowest BCUT2D eigenvalue weighted by molar-refractivity contribution is 0.479. The number of furan rings is 1. The van der Waals surface area contributed by atoms with Gasteiger partial charge >= 0.3 is 0 Å². The first-order valence-electron chi connectivity index (χ1n) is 7.71. The first-order valence-corrected chi connectivity index (χ1v) is 7.71. The van der Waals surface area contributed by atoms with Gasteiger partial charge < -0.3 is 14.2 Å². The number of aryl methyl sites for hydroxylation is 3. The van der Waals surface area contributed by atoms with Crippen LogP contribution in [0, 0.1) is 26.7 Å². The van der Waals surface area contributed by atoms with Gasteiger partial charge in [-0.05, 0) is 46.2 Å². The Labute approximate surface area is 126 Å². The van der Waals surface area contributed by atoms with Crippen molar-refractivity contribution in [3.05, 3.63) is 29.2 Å². The molecule has 2 heterocycles. The summed E-state index contributed by atoms with van der Waals surface area (Å²) in [4.78, 5) is 4.38. The summed E-state index contributed by atoms with van der Waals surface area (Å²) in [7, 11) is 0. The number of oxazole rings is 1. The molecule has 0 saturated heterocycles. The van der Waals surface area contributed by atoms with Crippen molar-refractivity contribution >= 4 is 0 Å². The molecular formula is C17H26N2O2. The molecule has 0 spiro atoms. The van der Waals surface area contributed by atoms with E-state index in [1.54, 1.807) is 6.20 Å². The van der Waals surface area contributed by atoms with Crippen LogP contribution >= 0.6 is 0 Å². The fourth-order valence-corrected chi connectivity index (χ4v) is 2.45. The molecule has 0 amide bonds. The number of hydrogen-bond donors (Lipinski definition) is 1. The second-order valence-corrected chi connectivity index (χ2v) is 6.03. The highest BCUT2D eigenvalue weighted by molar-refractivity contribution is 5.64. The summed E-state index contributed by atoms with van der Waals surface area (Å²) in [5.74, 6) is 4.14. The van der Waals surface area contributed by atoms with Gasteiger partial charge in [-0.1, -0.05) is 13.8 Å². The summed E-state index contributed by atoms with van der Waals surface area (Å²) in [6, 6.07) is 0. The first-order chi connectivity index (χ1) is 9.99. The predicted molar refractivity (Wildman–Crippen MR) is 84.4 cm³/mol. The molecule has 0 aromatic carbocycles. The van der Waals surface area contributed by atoms with Crippen molar-refractivity contribution in [1.82, 2.24) is 10.3 Å². The lowest BCUT2D eigenvalue weighted by Gasteiger charge is -2.05. The van der Waals surface area contributed by atoms with E-state index in [2.05, 4.69) is 31.1 Å². The lowest BCUT2D eigenvalue weighted by Crippen LogP contribution is -2.21. The Hall–Kier alpha value is -1.55. The van der Waals surface area contributed by atoms with Gasteiger partial charge in [-0.25, -0.2) is 4.98 Å². The van der Waals surface area contributed by atoms with Crippen LogP contribution < -0.4 is 5.32 Å². The summed E-state index contributed by atoms with van der Waals surface area (Å²) in [5.41, 5.74) is 2.18. The number of rotatable bonds is 7. The molecule has 2 rings (SSSR count). The zero-order chi connectivity index (χ0) is 15.4. The zero-order valence-corrected chi connectivity index (χ0v) is 13.7. The van der Waals surface area contributed by atoms with E-state index < -0.39 is 0 Å². The molecule has 2 aromatic heterocycles. The van der Waals surface area contributed by atoms with Gasteiger partial charge in [0.1, 0.15) is 11.5 Å². The van der Waals surface area contributed by atoms with E-state index in [1.807, 2.05) is 13.8 Å². The molecule has 21 heavy (non-hydrogen) atoms. The van der Waals surface area contributed by atoms with E-state index in [-0.39, 0.29) is 0 Å². The largest absolute Gasteiger partial charge is 0.466 e. The van der Waals surface area contributed by atoms with Crippen LogP contribution in [0.4, 0.5) is 0 Å². The van der Waals surface area contributed by atoms with Gasteiger partial charge in [-0.15, -0.1) is 0 Å². The van der Waals surface area contributed by atoms with Gasteiger partial charge in [0.15, 0.2) is 11.7 Å². The molecule has 0 saturated carbocycles. The molecule has 0 radical (unpaired) electrons. The molecule has 116 valence electrons. The molecule has 0 aliphatic carbocycles. The number of hydrogen-bond acceptors (Lipinski definition) is 4. The quantitative estimate of drug-likeness (QED) is 0.782. The van der Waals surface area contributed by atoms with Crippen molar-refractivity contribution < 1.29 is 8.83 Å². The van der Waals surface area contributed by atoms with Crippen LogP contribution in [0.1, 0.15) is 43.2 Å². The summed E-state index contributed by atoms with van der Waals surface area (Å²) >= 11 is 0. The minimum absolute atomic E-state index is 0.689. The fourth-order valence-electron chi connectivity index (χ4n) is 2.45. The molecule has 0 fully saturated rings. The van der Waals surface area contributed by atoms with Crippen LogP contribution in [0.3, 0.4) is 0 Å². The fraction of sp³-hybridized carbons (Fsp3) is 0.588. The highest BCUT2D eigenvalue weighted by atomic mass is 16.4. The Kier molecular flexibility index (Phi) is 5.23. The third kappa shape index (κ3) is 3.97. The maximum atomic E-state index is 5.87. The van der Waals surface area contributed by atoms with Crippen molar-refractivity contribution in [2.24, 2.45) is 5.92 Å². The van der Waals surface area contributed by atoms with Gasteiger partial charge in [0.2, 0.25) is 0 Å². The Balaban J connectivity index is 1.92. The first kappa shape index (κ1) is 15.8. The van der Waals surface area contributed by atoms with Crippen molar-refractivity contribution in [1.29, 1.82) is 0 Å². The highest BCUT2D eigenvalue weighted by Gasteiger charge is 2.17. The Morgan fingerprint density at radius 3 is 2.52 bits per heavy atom. The number of aromatic nitrogens is 1. The zero-order valence-electron chi connectivity index (χ0n) is 13.7. The minimum Gasteiger partial charge on any atom is -0.466 e. The molecule has 0 unspecified atom stereocenters. The Morgan fingerprint density at radius 1 is 1.14 bits per heavy atom. The average Bonchev–Trinajstić information content (AvgIpc) is 2.95. The number of nitrogens with one attached hydrogen (secondary N) is 1. The van der Waals surface area contributed by atoms with Crippen molar-refractivity contribution in [3.63, 3.8) is 0 Å². The molecule has 4 nitrogen and oxygen atoms in total. The van der Waals surface area contributed by atoms with Crippen LogP contribution in [0.25, 0.3) is 11.3 Å². The van der Waals surface area contributed by atoms with E-state index in [0.29, 0.717) is 5.92 Å². The van der Waals surface area contributed by atoms with Crippen molar-refractivity contribution in [3.8, 4) is 11.3 Å². The second kappa shape index (κ2) is 6.94. The average molecular weight is 290 g/mol. The molecule has 0 aliphatic heterocycles. The van der Waals surface area contributed by atoms with Gasteiger partial charge in [-0.2, -0.15) is 0 Å². The third-order valence-corrected chi connectivity index (χ3v) is 3.66. The van der Waals surface area contributed by atoms with E-state index in [9.17, 15) is 0 Å². The standard InChI is InChI=1S/C17H26N2O2/c1-11(2)9-18-8-6-7-16-19-10-15(21-16)17-12(3)13(4)20-14(17)5/h10-11,18H,6-9H2,1-5H3. The van der Waals surface area contributed by atoms with Crippen LogP contribution in [0.5, 0.6) is 0 Å². The molecule has 4 heteroatoms. The molecule has 0 atom stereocenters. The Morgan fingerprint density at radius 2 is 1.90 bits per heavy atom. The maximum Gasteiger partial charge on any atom is 0.194 e.